The van der Waals surface area contributed by atoms with Crippen LogP contribution in [0, 0.1) is 0 Å². The van der Waals surface area contributed by atoms with E-state index < -0.39 is 0 Å². The number of hydrogen-bond donors (Lipinski definition) is 2. The minimum Gasteiger partial charge on any atom is -0.397 e. The van der Waals surface area contributed by atoms with Gasteiger partial charge in [0.2, 0.25) is 5.91 Å². The molecule has 5 nitrogen and oxygen atoms in total. The molecule has 1 amide bonds. The smallest absolute Gasteiger partial charge is 0.225 e. The van der Waals surface area contributed by atoms with E-state index in [1.165, 1.54) is 0 Å². The molecule has 1 unspecified atom stereocenters. The summed E-state index contributed by atoms with van der Waals surface area (Å²) < 4.78 is 0. The fourth-order valence-corrected chi connectivity index (χ4v) is 2.80. The Morgan fingerprint density at radius 2 is 2.24 bits per heavy atom. The van der Waals surface area contributed by atoms with Crippen LogP contribution in [0.15, 0.2) is 18.2 Å². The third-order valence-corrected chi connectivity index (χ3v) is 4.12. The van der Waals surface area contributed by atoms with Gasteiger partial charge in [-0.1, -0.05) is 11.6 Å². The molecule has 2 rings (SSSR count). The molecule has 1 heterocycles. The number of likely N-dealkylation sites (N-methyl/N-ethyl adjacent to an activating group) is 1. The zero-order chi connectivity index (χ0) is 15.4. The molecule has 116 valence electrons. The Morgan fingerprint density at radius 3 is 2.90 bits per heavy atom. The van der Waals surface area contributed by atoms with Gasteiger partial charge < -0.3 is 16.0 Å². The van der Waals surface area contributed by atoms with Crippen molar-refractivity contribution in [1.29, 1.82) is 0 Å². The first kappa shape index (κ1) is 16.1. The number of anilines is 2. The second-order valence-corrected chi connectivity index (χ2v) is 6.11. The maximum absolute atomic E-state index is 12.0. The Balaban J connectivity index is 1.82. The first-order valence-electron chi connectivity index (χ1n) is 7.23. The van der Waals surface area contributed by atoms with Crippen molar-refractivity contribution >= 4 is 28.9 Å². The molecule has 1 aromatic carbocycles. The van der Waals surface area contributed by atoms with Gasteiger partial charge in [-0.05, 0) is 32.2 Å². The molecule has 0 saturated carbocycles. The molecule has 1 fully saturated rings. The summed E-state index contributed by atoms with van der Waals surface area (Å²) in [6.45, 7) is 6.08. The van der Waals surface area contributed by atoms with Gasteiger partial charge in [0, 0.05) is 43.7 Å². The Kier molecular flexibility index (Phi) is 5.45. The van der Waals surface area contributed by atoms with Crippen molar-refractivity contribution in [2.45, 2.75) is 19.4 Å². The van der Waals surface area contributed by atoms with Crippen LogP contribution in [0.3, 0.4) is 0 Å². The van der Waals surface area contributed by atoms with E-state index >= 15 is 0 Å². The van der Waals surface area contributed by atoms with Crippen LogP contribution >= 0.6 is 11.6 Å². The van der Waals surface area contributed by atoms with Crippen molar-refractivity contribution in [2.24, 2.45) is 0 Å². The number of amides is 1. The molecule has 0 spiro atoms. The van der Waals surface area contributed by atoms with Crippen molar-refractivity contribution in [2.75, 3.05) is 44.3 Å². The number of nitrogens with two attached hydrogens (primary N) is 1. The van der Waals surface area contributed by atoms with Crippen LogP contribution in [0.5, 0.6) is 0 Å². The Morgan fingerprint density at radius 1 is 1.48 bits per heavy atom. The van der Waals surface area contributed by atoms with E-state index in [4.69, 9.17) is 17.3 Å². The van der Waals surface area contributed by atoms with Gasteiger partial charge in [0.25, 0.3) is 0 Å². The van der Waals surface area contributed by atoms with Gasteiger partial charge in [0.05, 0.1) is 11.4 Å². The third kappa shape index (κ3) is 4.59. The summed E-state index contributed by atoms with van der Waals surface area (Å²) in [6, 6.07) is 5.57. The van der Waals surface area contributed by atoms with Gasteiger partial charge in [0.15, 0.2) is 0 Å². The van der Waals surface area contributed by atoms with E-state index in [0.717, 1.165) is 26.2 Å². The second kappa shape index (κ2) is 7.11. The molecule has 1 aliphatic heterocycles. The van der Waals surface area contributed by atoms with E-state index in [-0.39, 0.29) is 5.91 Å². The highest BCUT2D eigenvalue weighted by Gasteiger charge is 2.21. The van der Waals surface area contributed by atoms with Crippen molar-refractivity contribution in [3.63, 3.8) is 0 Å². The van der Waals surface area contributed by atoms with Crippen LogP contribution in [0.25, 0.3) is 0 Å². The summed E-state index contributed by atoms with van der Waals surface area (Å²) in [5.74, 6) is -0.0184. The molecule has 1 atom stereocenters. The highest BCUT2D eigenvalue weighted by atomic mass is 35.5. The van der Waals surface area contributed by atoms with Crippen molar-refractivity contribution in [3.05, 3.63) is 23.2 Å². The molecule has 21 heavy (non-hydrogen) atoms. The lowest BCUT2D eigenvalue weighted by molar-refractivity contribution is -0.116. The van der Waals surface area contributed by atoms with Gasteiger partial charge in [-0.15, -0.1) is 0 Å². The minimum absolute atomic E-state index is 0.0184. The minimum atomic E-state index is -0.0184. The molecule has 0 bridgehead atoms. The first-order valence-corrected chi connectivity index (χ1v) is 7.61. The molecular weight excluding hydrogens is 288 g/mol. The highest BCUT2D eigenvalue weighted by Crippen LogP contribution is 2.22. The maximum Gasteiger partial charge on any atom is 0.225 e. The molecule has 1 aliphatic rings. The standard InChI is InChI=1S/C15H23ClN4O/c1-11-10-19(2)7-8-20(11)6-5-15(21)18-14-4-3-12(16)9-13(14)17/h3-4,9,11H,5-8,10,17H2,1-2H3,(H,18,21). The number of nitrogens with zero attached hydrogens (tertiary/aromatic N) is 2. The number of nitrogens with one attached hydrogen (secondary N) is 1. The van der Waals surface area contributed by atoms with Crippen LogP contribution < -0.4 is 11.1 Å². The molecule has 0 aliphatic carbocycles. The number of carbonyl (C=O) groups excluding carboxylic acids is 1. The summed E-state index contributed by atoms with van der Waals surface area (Å²) in [7, 11) is 2.13. The summed E-state index contributed by atoms with van der Waals surface area (Å²) in [5, 5.41) is 3.41. The zero-order valence-corrected chi connectivity index (χ0v) is 13.4. The number of rotatable bonds is 4. The van der Waals surface area contributed by atoms with Crippen molar-refractivity contribution in [3.8, 4) is 0 Å². The highest BCUT2D eigenvalue weighted by molar-refractivity contribution is 6.31. The van der Waals surface area contributed by atoms with E-state index in [9.17, 15) is 4.79 Å². The van der Waals surface area contributed by atoms with Crippen LogP contribution in [0.1, 0.15) is 13.3 Å². The largest absolute Gasteiger partial charge is 0.397 e. The second-order valence-electron chi connectivity index (χ2n) is 5.68. The summed E-state index contributed by atoms with van der Waals surface area (Å²) >= 11 is 5.84. The first-order chi connectivity index (χ1) is 9.95. The Bertz CT molecular complexity index is 508. The molecule has 1 saturated heterocycles. The molecule has 6 heteroatoms. The van der Waals surface area contributed by atoms with Crippen LogP contribution in [-0.2, 0) is 4.79 Å². The van der Waals surface area contributed by atoms with Crippen molar-refractivity contribution < 1.29 is 4.79 Å². The third-order valence-electron chi connectivity index (χ3n) is 3.88. The predicted octanol–water partition coefficient (Wildman–Crippen LogP) is 1.89. The number of benzene rings is 1. The zero-order valence-electron chi connectivity index (χ0n) is 12.6. The average Bonchev–Trinajstić information content (AvgIpc) is 2.41. The van der Waals surface area contributed by atoms with Crippen LogP contribution in [0.4, 0.5) is 11.4 Å². The number of nitrogen functional groups attached to an aromatic ring is 1. The van der Waals surface area contributed by atoms with Gasteiger partial charge in [-0.3, -0.25) is 9.69 Å². The lowest BCUT2D eigenvalue weighted by atomic mass is 10.2. The van der Waals surface area contributed by atoms with E-state index in [1.54, 1.807) is 18.2 Å². The van der Waals surface area contributed by atoms with Gasteiger partial charge in [-0.25, -0.2) is 0 Å². The average molecular weight is 311 g/mol. The number of carbonyl (C=O) groups is 1. The normalized spacial score (nSPS) is 20.4. The molecule has 0 radical (unpaired) electrons. The summed E-state index contributed by atoms with van der Waals surface area (Å²) in [4.78, 5) is 16.7. The fraction of sp³-hybridized carbons (Fsp3) is 0.533. The van der Waals surface area contributed by atoms with E-state index in [0.29, 0.717) is 28.9 Å². The maximum atomic E-state index is 12.0. The van der Waals surface area contributed by atoms with E-state index in [2.05, 4.69) is 29.1 Å². The molecule has 1 aromatic rings. The van der Waals surface area contributed by atoms with Gasteiger partial charge in [-0.2, -0.15) is 0 Å². The van der Waals surface area contributed by atoms with Gasteiger partial charge in [0.1, 0.15) is 0 Å². The number of halogens is 1. The number of hydrogen-bond acceptors (Lipinski definition) is 4. The summed E-state index contributed by atoms with van der Waals surface area (Å²) in [5.41, 5.74) is 6.94. The van der Waals surface area contributed by atoms with Crippen molar-refractivity contribution in [1.82, 2.24) is 9.80 Å². The number of piperazine rings is 1. The SMILES string of the molecule is CC1CN(C)CCN1CCC(=O)Nc1ccc(Cl)cc1N. The predicted molar refractivity (Wildman–Crippen MR) is 87.6 cm³/mol. The quantitative estimate of drug-likeness (QED) is 0.834. The molecule has 0 aromatic heterocycles. The lowest BCUT2D eigenvalue weighted by Crippen LogP contribution is -2.50. The Hall–Kier alpha value is -1.30. The summed E-state index contributed by atoms with van der Waals surface area (Å²) in [6.07, 6.45) is 0.468. The Labute approximate surface area is 131 Å². The topological polar surface area (TPSA) is 61.6 Å². The molecular formula is C15H23ClN4O. The van der Waals surface area contributed by atoms with Crippen LogP contribution in [-0.4, -0.2) is 55.0 Å². The van der Waals surface area contributed by atoms with Crippen LogP contribution in [0.2, 0.25) is 5.02 Å². The van der Waals surface area contributed by atoms with E-state index in [1.807, 2.05) is 0 Å². The fourth-order valence-electron chi connectivity index (χ4n) is 2.61. The van der Waals surface area contributed by atoms with Gasteiger partial charge >= 0.3 is 0 Å². The monoisotopic (exact) mass is 310 g/mol. The molecule has 3 N–H and O–H groups in total. The lowest BCUT2D eigenvalue weighted by Gasteiger charge is -2.38.